The van der Waals surface area contributed by atoms with Gasteiger partial charge < -0.3 is 9.84 Å². The van der Waals surface area contributed by atoms with Crippen molar-refractivity contribution in [1.82, 2.24) is 0 Å². The van der Waals surface area contributed by atoms with Crippen molar-refractivity contribution in [2.45, 2.75) is 25.0 Å². The molecular weight excluding hydrogens is 204 g/mol. The minimum absolute atomic E-state index is 0.175. The molecule has 16 heavy (non-hydrogen) atoms. The number of ether oxygens (including phenoxy) is 1. The lowest BCUT2D eigenvalue weighted by atomic mass is 9.85. The molecule has 0 amide bonds. The fourth-order valence-electron chi connectivity index (χ4n) is 2.37. The Kier molecular flexibility index (Phi) is 2.07. The zero-order chi connectivity index (χ0) is 11.1. The molecule has 1 heterocycles. The molecule has 1 aliphatic carbocycles. The zero-order valence-corrected chi connectivity index (χ0v) is 8.72. The van der Waals surface area contributed by atoms with Gasteiger partial charge in [0, 0.05) is 0 Å². The third-order valence-corrected chi connectivity index (χ3v) is 3.15. The molecule has 0 bridgehead atoms. The Morgan fingerprint density at radius 3 is 2.75 bits per heavy atom. The van der Waals surface area contributed by atoms with E-state index in [-0.39, 0.29) is 12.1 Å². The first kappa shape index (κ1) is 9.60. The van der Waals surface area contributed by atoms with Gasteiger partial charge in [0.05, 0.1) is 11.7 Å². The molecule has 1 aromatic rings. The van der Waals surface area contributed by atoms with Crippen LogP contribution in [0.1, 0.15) is 28.8 Å². The van der Waals surface area contributed by atoms with Gasteiger partial charge in [-0.1, -0.05) is 18.2 Å². The average molecular weight is 216 g/mol. The van der Waals surface area contributed by atoms with E-state index in [9.17, 15) is 9.90 Å². The Hall–Kier alpha value is -1.61. The molecule has 2 atom stereocenters. The number of hydrogen-bond acceptors (Lipinski definition) is 3. The third-order valence-electron chi connectivity index (χ3n) is 3.15. The number of carbonyl (C=O) groups excluding carboxylic acids is 1. The van der Waals surface area contributed by atoms with Crippen LogP contribution in [0.2, 0.25) is 0 Å². The number of fused-ring (bicyclic) bond motifs is 3. The Morgan fingerprint density at radius 1 is 1.19 bits per heavy atom. The van der Waals surface area contributed by atoms with Crippen LogP contribution >= 0.6 is 0 Å². The summed E-state index contributed by atoms with van der Waals surface area (Å²) in [4.78, 5) is 11.7. The molecule has 3 heteroatoms. The summed E-state index contributed by atoms with van der Waals surface area (Å²) in [5.74, 6) is -0.255. The summed E-state index contributed by atoms with van der Waals surface area (Å²) in [5, 5.41) is 9.62. The molecule has 0 aromatic heterocycles. The largest absolute Gasteiger partial charge is 0.454 e. The number of rotatable bonds is 0. The maximum Gasteiger partial charge on any atom is 0.339 e. The van der Waals surface area contributed by atoms with Gasteiger partial charge in [-0.3, -0.25) is 0 Å². The molecular formula is C13H12O3. The number of aliphatic hydroxyl groups excluding tert-OH is 1. The van der Waals surface area contributed by atoms with Gasteiger partial charge in [0.2, 0.25) is 0 Å². The topological polar surface area (TPSA) is 46.5 Å². The van der Waals surface area contributed by atoms with E-state index in [1.807, 2.05) is 18.2 Å². The van der Waals surface area contributed by atoms with E-state index in [0.29, 0.717) is 18.4 Å². The van der Waals surface area contributed by atoms with Gasteiger partial charge >= 0.3 is 5.97 Å². The van der Waals surface area contributed by atoms with E-state index in [4.69, 9.17) is 4.74 Å². The van der Waals surface area contributed by atoms with Gasteiger partial charge in [-0.05, 0) is 36.1 Å². The van der Waals surface area contributed by atoms with Crippen molar-refractivity contribution in [2.24, 2.45) is 0 Å². The molecule has 0 spiro atoms. The Balaban J connectivity index is 2.17. The standard InChI is InChI=1S/C13H12O3/c14-8-5-6-12-11(7-8)9-3-1-2-4-10(9)13(15)16-12/h1-4,7-8,12,14H,5-6H2/t8-,12+/m1/s1. The molecule has 1 aliphatic heterocycles. The first-order valence-corrected chi connectivity index (χ1v) is 5.46. The van der Waals surface area contributed by atoms with E-state index < -0.39 is 6.10 Å². The lowest BCUT2D eigenvalue weighted by Gasteiger charge is -2.31. The Labute approximate surface area is 93.4 Å². The molecule has 0 saturated carbocycles. The number of esters is 1. The van der Waals surface area contributed by atoms with Gasteiger partial charge in [0.15, 0.2) is 0 Å². The smallest absolute Gasteiger partial charge is 0.339 e. The van der Waals surface area contributed by atoms with Crippen LogP contribution in [0.25, 0.3) is 5.57 Å². The van der Waals surface area contributed by atoms with Crippen LogP contribution in [-0.2, 0) is 4.74 Å². The van der Waals surface area contributed by atoms with E-state index in [2.05, 4.69) is 0 Å². The van der Waals surface area contributed by atoms with Crippen LogP contribution < -0.4 is 0 Å². The molecule has 1 N–H and O–H groups in total. The summed E-state index contributed by atoms with van der Waals surface area (Å²) in [5.41, 5.74) is 2.45. The van der Waals surface area contributed by atoms with Gasteiger partial charge in [0.1, 0.15) is 6.10 Å². The van der Waals surface area contributed by atoms with Crippen LogP contribution in [0, 0.1) is 0 Å². The summed E-state index contributed by atoms with van der Waals surface area (Å²) in [7, 11) is 0. The second-order valence-corrected chi connectivity index (χ2v) is 4.21. The zero-order valence-electron chi connectivity index (χ0n) is 8.72. The molecule has 0 saturated heterocycles. The molecule has 3 nitrogen and oxygen atoms in total. The summed E-state index contributed by atoms with van der Waals surface area (Å²) in [6.07, 6.45) is 2.57. The van der Waals surface area contributed by atoms with Crippen molar-refractivity contribution in [3.8, 4) is 0 Å². The lowest BCUT2D eigenvalue weighted by Crippen LogP contribution is -2.31. The van der Waals surface area contributed by atoms with Gasteiger partial charge in [-0.2, -0.15) is 0 Å². The SMILES string of the molecule is O=C1O[C@H]2CC[C@@H](O)C=C2c2ccccc21. The van der Waals surface area contributed by atoms with Gasteiger partial charge in [-0.25, -0.2) is 4.79 Å². The highest BCUT2D eigenvalue weighted by Crippen LogP contribution is 2.36. The molecule has 1 aromatic carbocycles. The van der Waals surface area contributed by atoms with Crippen LogP contribution in [0.5, 0.6) is 0 Å². The highest BCUT2D eigenvalue weighted by Gasteiger charge is 2.33. The third kappa shape index (κ3) is 1.36. The molecule has 3 rings (SSSR count). The fraction of sp³-hybridized carbons (Fsp3) is 0.308. The Bertz CT molecular complexity index is 476. The molecule has 0 unspecified atom stereocenters. The molecule has 2 aliphatic rings. The normalized spacial score (nSPS) is 27.6. The second kappa shape index (κ2) is 3.46. The van der Waals surface area contributed by atoms with E-state index >= 15 is 0 Å². The van der Waals surface area contributed by atoms with Crippen molar-refractivity contribution in [3.05, 3.63) is 41.5 Å². The minimum Gasteiger partial charge on any atom is -0.454 e. The maximum absolute atomic E-state index is 11.7. The summed E-state index contributed by atoms with van der Waals surface area (Å²) in [6, 6.07) is 7.39. The summed E-state index contributed by atoms with van der Waals surface area (Å²) >= 11 is 0. The fourth-order valence-corrected chi connectivity index (χ4v) is 2.37. The number of benzene rings is 1. The molecule has 82 valence electrons. The Morgan fingerprint density at radius 2 is 1.94 bits per heavy atom. The number of aliphatic hydroxyl groups is 1. The monoisotopic (exact) mass is 216 g/mol. The van der Waals surface area contributed by atoms with Crippen LogP contribution in [0.3, 0.4) is 0 Å². The van der Waals surface area contributed by atoms with E-state index in [1.165, 1.54) is 0 Å². The first-order chi connectivity index (χ1) is 7.75. The first-order valence-electron chi connectivity index (χ1n) is 5.46. The number of carbonyl (C=O) groups is 1. The van der Waals surface area contributed by atoms with Crippen molar-refractivity contribution >= 4 is 11.5 Å². The second-order valence-electron chi connectivity index (χ2n) is 4.21. The summed E-state index contributed by atoms with van der Waals surface area (Å²) < 4.78 is 5.35. The van der Waals surface area contributed by atoms with Crippen LogP contribution in [0.15, 0.2) is 30.3 Å². The van der Waals surface area contributed by atoms with Gasteiger partial charge in [-0.15, -0.1) is 0 Å². The molecule has 0 fully saturated rings. The molecule has 0 radical (unpaired) electrons. The van der Waals surface area contributed by atoms with E-state index in [0.717, 1.165) is 11.1 Å². The quantitative estimate of drug-likeness (QED) is 0.672. The lowest BCUT2D eigenvalue weighted by molar-refractivity contribution is 0.0334. The van der Waals surface area contributed by atoms with Gasteiger partial charge in [0.25, 0.3) is 0 Å². The van der Waals surface area contributed by atoms with Crippen molar-refractivity contribution in [3.63, 3.8) is 0 Å². The van der Waals surface area contributed by atoms with Crippen LogP contribution in [0.4, 0.5) is 0 Å². The van der Waals surface area contributed by atoms with Crippen molar-refractivity contribution < 1.29 is 14.6 Å². The predicted octanol–water partition coefficient (Wildman–Crippen LogP) is 1.76. The summed E-state index contributed by atoms with van der Waals surface area (Å²) in [6.45, 7) is 0. The van der Waals surface area contributed by atoms with Crippen molar-refractivity contribution in [2.75, 3.05) is 0 Å². The average Bonchev–Trinajstić information content (AvgIpc) is 2.31. The highest BCUT2D eigenvalue weighted by molar-refractivity contribution is 5.99. The minimum atomic E-state index is -0.420. The van der Waals surface area contributed by atoms with Crippen LogP contribution in [-0.4, -0.2) is 23.3 Å². The van der Waals surface area contributed by atoms with Crippen molar-refractivity contribution in [1.29, 1.82) is 0 Å². The maximum atomic E-state index is 11.7. The van der Waals surface area contributed by atoms with E-state index in [1.54, 1.807) is 12.1 Å². The highest BCUT2D eigenvalue weighted by atomic mass is 16.5. The number of hydrogen-bond donors (Lipinski definition) is 1. The predicted molar refractivity (Wildman–Crippen MR) is 58.9 cm³/mol.